The zero-order valence-electron chi connectivity index (χ0n) is 9.50. The Morgan fingerprint density at radius 2 is 2.12 bits per heavy atom. The summed E-state index contributed by atoms with van der Waals surface area (Å²) in [5.41, 5.74) is 2.62. The topological polar surface area (TPSA) is 27.8 Å². The molecule has 2 N–H and O–H groups in total. The van der Waals surface area contributed by atoms with Gasteiger partial charge in [0.1, 0.15) is 0 Å². The van der Waals surface area contributed by atoms with Crippen LogP contribution in [0.25, 0.3) is 10.9 Å². The monoisotopic (exact) mass is 214 g/mol. The predicted molar refractivity (Wildman–Crippen MR) is 67.6 cm³/mol. The summed E-state index contributed by atoms with van der Waals surface area (Å²) < 4.78 is 0. The largest absolute Gasteiger partial charge is 0.358 e. The molecule has 1 saturated heterocycles. The van der Waals surface area contributed by atoms with E-state index in [0.29, 0.717) is 6.04 Å². The molecule has 1 unspecified atom stereocenters. The van der Waals surface area contributed by atoms with Gasteiger partial charge in [-0.25, -0.2) is 0 Å². The first-order chi connectivity index (χ1) is 7.92. The summed E-state index contributed by atoms with van der Waals surface area (Å²) in [6, 6.07) is 11.4. The number of aromatic amines is 1. The van der Waals surface area contributed by atoms with Gasteiger partial charge in [0.25, 0.3) is 0 Å². The Morgan fingerprint density at radius 3 is 2.94 bits per heavy atom. The van der Waals surface area contributed by atoms with Gasteiger partial charge in [0.2, 0.25) is 0 Å². The summed E-state index contributed by atoms with van der Waals surface area (Å²) in [6.45, 7) is 1.19. The molecule has 2 aromatic rings. The highest BCUT2D eigenvalue weighted by Crippen LogP contribution is 2.18. The lowest BCUT2D eigenvalue weighted by Gasteiger charge is -2.22. The Balaban J connectivity index is 1.78. The van der Waals surface area contributed by atoms with Crippen LogP contribution in [0, 0.1) is 0 Å². The Morgan fingerprint density at radius 1 is 1.19 bits per heavy atom. The summed E-state index contributed by atoms with van der Waals surface area (Å²) in [7, 11) is 0. The molecule has 2 nitrogen and oxygen atoms in total. The average molecular weight is 214 g/mol. The molecule has 2 heteroatoms. The fourth-order valence-corrected chi connectivity index (χ4v) is 2.61. The van der Waals surface area contributed by atoms with Gasteiger partial charge in [-0.1, -0.05) is 24.6 Å². The minimum atomic E-state index is 0.668. The molecular weight excluding hydrogens is 196 g/mol. The number of piperidine rings is 1. The third kappa shape index (κ3) is 1.98. The van der Waals surface area contributed by atoms with Crippen LogP contribution in [-0.2, 0) is 6.42 Å². The van der Waals surface area contributed by atoms with Gasteiger partial charge in [-0.05, 0) is 36.9 Å². The second kappa shape index (κ2) is 4.30. The number of benzene rings is 1. The standard InChI is InChI=1S/C14H18N2/c1-2-7-14-11(5-1)9-13(16-14)10-12-6-3-4-8-15-12/h1-2,5,7,9,12,15-16H,3-4,6,8,10H2. The maximum atomic E-state index is 3.59. The van der Waals surface area contributed by atoms with Crippen molar-refractivity contribution in [2.75, 3.05) is 6.54 Å². The molecule has 0 amide bonds. The number of hydrogen-bond donors (Lipinski definition) is 2. The van der Waals surface area contributed by atoms with Gasteiger partial charge in [-0.2, -0.15) is 0 Å². The summed E-state index contributed by atoms with van der Waals surface area (Å²) in [6.07, 6.45) is 5.16. The van der Waals surface area contributed by atoms with Crippen LogP contribution < -0.4 is 5.32 Å². The maximum Gasteiger partial charge on any atom is 0.0456 e. The molecule has 3 rings (SSSR count). The molecule has 1 aromatic carbocycles. The molecule has 0 bridgehead atoms. The molecule has 0 aliphatic carbocycles. The smallest absolute Gasteiger partial charge is 0.0456 e. The van der Waals surface area contributed by atoms with Crippen molar-refractivity contribution in [2.45, 2.75) is 31.7 Å². The molecule has 1 fully saturated rings. The number of nitrogens with one attached hydrogen (secondary N) is 2. The van der Waals surface area contributed by atoms with Gasteiger partial charge in [0.05, 0.1) is 0 Å². The van der Waals surface area contributed by atoms with Gasteiger partial charge in [-0.3, -0.25) is 0 Å². The molecule has 2 heterocycles. The Kier molecular flexibility index (Phi) is 2.66. The summed E-state index contributed by atoms with van der Waals surface area (Å²) in [4.78, 5) is 3.50. The van der Waals surface area contributed by atoms with Crippen molar-refractivity contribution in [3.8, 4) is 0 Å². The number of fused-ring (bicyclic) bond motifs is 1. The fourth-order valence-electron chi connectivity index (χ4n) is 2.61. The molecule has 1 aliphatic heterocycles. The number of rotatable bonds is 2. The minimum Gasteiger partial charge on any atom is -0.358 e. The van der Waals surface area contributed by atoms with Crippen LogP contribution in [0.4, 0.5) is 0 Å². The first-order valence-corrected chi connectivity index (χ1v) is 6.22. The van der Waals surface area contributed by atoms with Crippen LogP contribution in [0.3, 0.4) is 0 Å². The van der Waals surface area contributed by atoms with Crippen molar-refractivity contribution in [3.63, 3.8) is 0 Å². The normalized spacial score (nSPS) is 21.4. The first kappa shape index (κ1) is 9.91. The van der Waals surface area contributed by atoms with Crippen LogP contribution in [0.2, 0.25) is 0 Å². The van der Waals surface area contributed by atoms with E-state index in [0.717, 1.165) is 6.42 Å². The Hall–Kier alpha value is -1.28. The summed E-state index contributed by atoms with van der Waals surface area (Å²) in [5.74, 6) is 0. The van der Waals surface area contributed by atoms with E-state index >= 15 is 0 Å². The fraction of sp³-hybridized carbons (Fsp3) is 0.429. The van der Waals surface area contributed by atoms with Crippen LogP contribution in [0.5, 0.6) is 0 Å². The molecule has 0 saturated carbocycles. The lowest BCUT2D eigenvalue weighted by Crippen LogP contribution is -2.35. The SMILES string of the molecule is c1ccc2[nH]c(CC3CCCCN3)cc2c1. The van der Waals surface area contributed by atoms with Crippen molar-refractivity contribution < 1.29 is 0 Å². The van der Waals surface area contributed by atoms with Crippen molar-refractivity contribution in [2.24, 2.45) is 0 Å². The molecule has 0 spiro atoms. The molecule has 84 valence electrons. The van der Waals surface area contributed by atoms with E-state index in [1.807, 2.05) is 0 Å². The van der Waals surface area contributed by atoms with Crippen molar-refractivity contribution in [3.05, 3.63) is 36.0 Å². The van der Waals surface area contributed by atoms with Crippen LogP contribution >= 0.6 is 0 Å². The van der Waals surface area contributed by atoms with Gasteiger partial charge in [0.15, 0.2) is 0 Å². The highest BCUT2D eigenvalue weighted by Gasteiger charge is 2.13. The van der Waals surface area contributed by atoms with Crippen molar-refractivity contribution in [1.29, 1.82) is 0 Å². The van der Waals surface area contributed by atoms with E-state index in [1.54, 1.807) is 0 Å². The average Bonchev–Trinajstić information content (AvgIpc) is 2.72. The number of aromatic nitrogens is 1. The zero-order chi connectivity index (χ0) is 10.8. The predicted octanol–water partition coefficient (Wildman–Crippen LogP) is 2.85. The lowest BCUT2D eigenvalue weighted by molar-refractivity contribution is 0.397. The zero-order valence-corrected chi connectivity index (χ0v) is 9.50. The van der Waals surface area contributed by atoms with Gasteiger partial charge < -0.3 is 10.3 Å². The van der Waals surface area contributed by atoms with E-state index in [-0.39, 0.29) is 0 Å². The third-order valence-corrected chi connectivity index (χ3v) is 3.46. The third-order valence-electron chi connectivity index (χ3n) is 3.46. The van der Waals surface area contributed by atoms with Crippen molar-refractivity contribution >= 4 is 10.9 Å². The molecule has 16 heavy (non-hydrogen) atoms. The van der Waals surface area contributed by atoms with E-state index in [2.05, 4.69) is 40.6 Å². The molecule has 1 aromatic heterocycles. The maximum absolute atomic E-state index is 3.59. The van der Waals surface area contributed by atoms with Crippen molar-refractivity contribution in [1.82, 2.24) is 10.3 Å². The molecule has 1 aliphatic rings. The van der Waals surface area contributed by atoms with E-state index in [4.69, 9.17) is 0 Å². The highest BCUT2D eigenvalue weighted by atomic mass is 14.9. The van der Waals surface area contributed by atoms with E-state index in [1.165, 1.54) is 42.4 Å². The second-order valence-corrected chi connectivity index (χ2v) is 4.73. The summed E-state index contributed by atoms with van der Waals surface area (Å²) >= 11 is 0. The summed E-state index contributed by atoms with van der Waals surface area (Å²) in [5, 5.41) is 4.92. The van der Waals surface area contributed by atoms with Gasteiger partial charge >= 0.3 is 0 Å². The van der Waals surface area contributed by atoms with Gasteiger partial charge in [-0.15, -0.1) is 0 Å². The van der Waals surface area contributed by atoms with E-state index < -0.39 is 0 Å². The Labute approximate surface area is 96.1 Å². The van der Waals surface area contributed by atoms with Crippen LogP contribution in [0.15, 0.2) is 30.3 Å². The molecule has 0 radical (unpaired) electrons. The second-order valence-electron chi connectivity index (χ2n) is 4.73. The highest BCUT2D eigenvalue weighted by molar-refractivity contribution is 5.80. The van der Waals surface area contributed by atoms with Gasteiger partial charge in [0, 0.05) is 23.7 Å². The first-order valence-electron chi connectivity index (χ1n) is 6.22. The van der Waals surface area contributed by atoms with Crippen LogP contribution in [-0.4, -0.2) is 17.6 Å². The van der Waals surface area contributed by atoms with E-state index in [9.17, 15) is 0 Å². The van der Waals surface area contributed by atoms with Crippen LogP contribution in [0.1, 0.15) is 25.0 Å². The lowest BCUT2D eigenvalue weighted by atomic mass is 10.0. The molecule has 1 atom stereocenters. The number of H-pyrrole nitrogens is 1. The molecular formula is C14H18N2. The number of hydrogen-bond acceptors (Lipinski definition) is 1. The quantitative estimate of drug-likeness (QED) is 0.790. The number of para-hydroxylation sites is 1. The minimum absolute atomic E-state index is 0.668. The Bertz CT molecular complexity index is 433.